The second-order valence-electron chi connectivity index (χ2n) is 7.62. The van der Waals surface area contributed by atoms with Crippen molar-refractivity contribution in [2.45, 2.75) is 26.5 Å². The van der Waals surface area contributed by atoms with Crippen molar-refractivity contribution in [2.75, 3.05) is 7.11 Å². The van der Waals surface area contributed by atoms with Crippen molar-refractivity contribution in [1.29, 1.82) is 0 Å². The number of nitrogens with zero attached hydrogens (tertiary/aromatic N) is 1. The van der Waals surface area contributed by atoms with E-state index < -0.39 is 0 Å². The smallest absolute Gasteiger partial charge is 0.310 e. The van der Waals surface area contributed by atoms with Crippen LogP contribution in [-0.2, 0) is 29.1 Å². The minimum atomic E-state index is -0.281. The highest BCUT2D eigenvalue weighted by atomic mass is 35.5. The van der Waals surface area contributed by atoms with Crippen LogP contribution >= 0.6 is 23.2 Å². The monoisotopic (exact) mass is 467 g/mol. The molecule has 32 heavy (non-hydrogen) atoms. The van der Waals surface area contributed by atoms with Gasteiger partial charge in [0.1, 0.15) is 12.4 Å². The lowest BCUT2D eigenvalue weighted by Crippen LogP contribution is -2.09. The first-order valence-electron chi connectivity index (χ1n) is 10.2. The second-order valence-corrected chi connectivity index (χ2v) is 8.50. The summed E-state index contributed by atoms with van der Waals surface area (Å²) in [5.41, 5.74) is 5.02. The number of ether oxygens (including phenoxy) is 2. The number of benzene rings is 3. The Kier molecular flexibility index (Phi) is 6.73. The Hall–Kier alpha value is -2.95. The van der Waals surface area contributed by atoms with Gasteiger partial charge in [-0.2, -0.15) is 0 Å². The first-order valence-corrected chi connectivity index (χ1v) is 11.0. The molecule has 4 nitrogen and oxygen atoms in total. The molecule has 4 aromatic rings. The first-order chi connectivity index (χ1) is 15.4. The third-order valence-electron chi connectivity index (χ3n) is 5.55. The van der Waals surface area contributed by atoms with Gasteiger partial charge in [0.05, 0.1) is 13.5 Å². The van der Waals surface area contributed by atoms with Crippen LogP contribution in [0.15, 0.2) is 66.7 Å². The number of fused-ring (bicyclic) bond motifs is 1. The Morgan fingerprint density at radius 2 is 1.53 bits per heavy atom. The molecule has 164 valence electrons. The predicted octanol–water partition coefficient (Wildman–Crippen LogP) is 6.60. The summed E-state index contributed by atoms with van der Waals surface area (Å²) in [6.07, 6.45) is 0.177. The summed E-state index contributed by atoms with van der Waals surface area (Å²) in [6, 6.07) is 21.0. The van der Waals surface area contributed by atoms with E-state index in [2.05, 4.69) is 4.57 Å². The van der Waals surface area contributed by atoms with Gasteiger partial charge in [0.25, 0.3) is 0 Å². The quantitative estimate of drug-likeness (QED) is 0.287. The van der Waals surface area contributed by atoms with E-state index in [-0.39, 0.29) is 19.0 Å². The molecule has 0 fully saturated rings. The summed E-state index contributed by atoms with van der Waals surface area (Å²) in [5.74, 6) is 0.466. The highest BCUT2D eigenvalue weighted by molar-refractivity contribution is 6.30. The average Bonchev–Trinajstić information content (AvgIpc) is 3.05. The number of carbonyl (C=O) groups is 1. The zero-order valence-corrected chi connectivity index (χ0v) is 19.4. The number of rotatable bonds is 7. The maximum absolute atomic E-state index is 12.7. The number of aromatic nitrogens is 1. The number of hydrogen-bond acceptors (Lipinski definition) is 3. The molecule has 1 heterocycles. The Balaban J connectivity index is 1.61. The van der Waals surface area contributed by atoms with Crippen LogP contribution in [0.2, 0.25) is 10.0 Å². The van der Waals surface area contributed by atoms with E-state index in [4.69, 9.17) is 32.7 Å². The molecule has 0 saturated carbocycles. The molecule has 1 aromatic heterocycles. The first kappa shape index (κ1) is 22.3. The molecule has 0 aliphatic rings. The van der Waals surface area contributed by atoms with E-state index in [1.54, 1.807) is 19.2 Å². The third kappa shape index (κ3) is 4.93. The molecule has 0 bridgehead atoms. The molecule has 6 heteroatoms. The van der Waals surface area contributed by atoms with E-state index in [0.29, 0.717) is 16.6 Å². The van der Waals surface area contributed by atoms with Crippen molar-refractivity contribution in [3.8, 4) is 5.75 Å². The number of halogens is 2. The zero-order chi connectivity index (χ0) is 22.7. The van der Waals surface area contributed by atoms with Gasteiger partial charge < -0.3 is 14.0 Å². The summed E-state index contributed by atoms with van der Waals surface area (Å²) in [7, 11) is 1.64. The lowest BCUT2D eigenvalue weighted by Gasteiger charge is -2.10. The van der Waals surface area contributed by atoms with Gasteiger partial charge in [-0.1, -0.05) is 47.5 Å². The van der Waals surface area contributed by atoms with E-state index in [1.165, 1.54) is 0 Å². The molecule has 0 spiro atoms. The summed E-state index contributed by atoms with van der Waals surface area (Å²) in [5, 5.41) is 2.34. The van der Waals surface area contributed by atoms with Crippen molar-refractivity contribution in [3.05, 3.63) is 99.2 Å². The molecule has 0 atom stereocenters. The SMILES string of the molecule is COc1ccc2c(c1)c(CC(=O)OCc1ccc(Cl)cc1)c(C)n2Cc1ccc(Cl)cc1. The molecular formula is C26H23Cl2NO3. The molecule has 0 aliphatic carbocycles. The van der Waals surface area contributed by atoms with Crippen molar-refractivity contribution in [1.82, 2.24) is 4.57 Å². The van der Waals surface area contributed by atoms with E-state index in [0.717, 1.165) is 39.0 Å². The lowest BCUT2D eigenvalue weighted by atomic mass is 10.1. The van der Waals surface area contributed by atoms with Gasteiger partial charge >= 0.3 is 5.97 Å². The molecule has 4 rings (SSSR count). The normalized spacial score (nSPS) is 11.0. The summed E-state index contributed by atoms with van der Waals surface area (Å²) in [6.45, 7) is 2.91. The van der Waals surface area contributed by atoms with Crippen LogP contribution in [0.1, 0.15) is 22.4 Å². The molecule has 3 aromatic carbocycles. The number of carbonyl (C=O) groups excluding carboxylic acids is 1. The fraction of sp³-hybridized carbons (Fsp3) is 0.192. The van der Waals surface area contributed by atoms with Gasteiger partial charge in [-0.05, 0) is 66.1 Å². The summed E-state index contributed by atoms with van der Waals surface area (Å²) >= 11 is 12.0. The Morgan fingerprint density at radius 3 is 2.16 bits per heavy atom. The Morgan fingerprint density at radius 1 is 0.906 bits per heavy atom. The van der Waals surface area contributed by atoms with Gasteiger partial charge in [0.15, 0.2) is 0 Å². The van der Waals surface area contributed by atoms with Crippen LogP contribution in [0.4, 0.5) is 0 Å². The highest BCUT2D eigenvalue weighted by Crippen LogP contribution is 2.31. The van der Waals surface area contributed by atoms with Gasteiger partial charge in [-0.25, -0.2) is 0 Å². The van der Waals surface area contributed by atoms with Gasteiger partial charge in [-0.3, -0.25) is 4.79 Å². The van der Waals surface area contributed by atoms with Crippen molar-refractivity contribution in [3.63, 3.8) is 0 Å². The molecule has 0 unspecified atom stereocenters. The zero-order valence-electron chi connectivity index (χ0n) is 17.9. The molecule has 0 saturated heterocycles. The number of hydrogen-bond donors (Lipinski definition) is 0. The average molecular weight is 468 g/mol. The minimum Gasteiger partial charge on any atom is -0.497 e. The standard InChI is InChI=1S/C26H23Cl2NO3/c1-17-23(14-26(30)32-16-19-5-9-21(28)10-6-19)24-13-22(31-2)11-12-25(24)29(17)15-18-3-7-20(27)8-4-18/h3-13H,14-16H2,1-2H3. The maximum Gasteiger partial charge on any atom is 0.310 e. The van der Waals surface area contributed by atoms with Crippen LogP contribution < -0.4 is 4.74 Å². The number of methoxy groups -OCH3 is 1. The summed E-state index contributed by atoms with van der Waals surface area (Å²) in [4.78, 5) is 12.7. The minimum absolute atomic E-state index is 0.177. The van der Waals surface area contributed by atoms with Crippen LogP contribution in [0.3, 0.4) is 0 Å². The second kappa shape index (κ2) is 9.68. The van der Waals surface area contributed by atoms with Gasteiger partial charge in [-0.15, -0.1) is 0 Å². The lowest BCUT2D eigenvalue weighted by molar-refractivity contribution is -0.144. The number of esters is 1. The van der Waals surface area contributed by atoms with Crippen LogP contribution in [0.5, 0.6) is 5.75 Å². The van der Waals surface area contributed by atoms with E-state index in [9.17, 15) is 4.79 Å². The van der Waals surface area contributed by atoms with Gasteiger partial charge in [0.2, 0.25) is 0 Å². The molecular weight excluding hydrogens is 445 g/mol. The molecule has 0 radical (unpaired) electrons. The van der Waals surface area contributed by atoms with Crippen molar-refractivity contribution in [2.24, 2.45) is 0 Å². The maximum atomic E-state index is 12.7. The van der Waals surface area contributed by atoms with Crippen molar-refractivity contribution < 1.29 is 14.3 Å². The van der Waals surface area contributed by atoms with Crippen LogP contribution in [0.25, 0.3) is 10.9 Å². The van der Waals surface area contributed by atoms with Crippen molar-refractivity contribution >= 4 is 40.1 Å². The largest absolute Gasteiger partial charge is 0.497 e. The Labute approximate surface area is 197 Å². The summed E-state index contributed by atoms with van der Waals surface area (Å²) < 4.78 is 13.2. The van der Waals surface area contributed by atoms with E-state index >= 15 is 0 Å². The molecule has 0 N–H and O–H groups in total. The topological polar surface area (TPSA) is 40.5 Å². The fourth-order valence-electron chi connectivity index (χ4n) is 3.80. The Bertz CT molecular complexity index is 1250. The third-order valence-corrected chi connectivity index (χ3v) is 6.05. The molecule has 0 aliphatic heterocycles. The molecule has 0 amide bonds. The van der Waals surface area contributed by atoms with Crippen LogP contribution in [-0.4, -0.2) is 17.6 Å². The van der Waals surface area contributed by atoms with Gasteiger partial charge in [0, 0.05) is 33.2 Å². The highest BCUT2D eigenvalue weighted by Gasteiger charge is 2.18. The van der Waals surface area contributed by atoms with E-state index in [1.807, 2.05) is 61.5 Å². The van der Waals surface area contributed by atoms with Crippen LogP contribution in [0, 0.1) is 6.92 Å². The predicted molar refractivity (Wildman–Crippen MR) is 129 cm³/mol. The fourth-order valence-corrected chi connectivity index (χ4v) is 4.05.